The Balaban J connectivity index is 1.71. The van der Waals surface area contributed by atoms with Crippen molar-refractivity contribution in [3.8, 4) is 0 Å². The van der Waals surface area contributed by atoms with Crippen LogP contribution in [0.15, 0.2) is 42.7 Å². The van der Waals surface area contributed by atoms with E-state index >= 15 is 0 Å². The van der Waals surface area contributed by atoms with Crippen LogP contribution >= 0.6 is 12.2 Å². The third-order valence-corrected chi connectivity index (χ3v) is 5.83. The fourth-order valence-corrected chi connectivity index (χ4v) is 4.42. The number of nitrogens with one attached hydrogen (secondary N) is 1. The second-order valence-corrected chi connectivity index (χ2v) is 7.26. The molecule has 4 rings (SSSR count). The first-order chi connectivity index (χ1) is 11.8. The highest BCUT2D eigenvalue weighted by Gasteiger charge is 2.39. The van der Waals surface area contributed by atoms with Gasteiger partial charge in [-0.25, -0.2) is 0 Å². The minimum Gasteiger partial charge on any atom is -0.352 e. The van der Waals surface area contributed by atoms with Gasteiger partial charge in [0, 0.05) is 31.2 Å². The average molecular weight is 340 g/mol. The second-order valence-electron chi connectivity index (χ2n) is 6.87. The summed E-state index contributed by atoms with van der Waals surface area (Å²) in [4.78, 5) is 6.76. The Morgan fingerprint density at radius 3 is 2.71 bits per heavy atom. The van der Waals surface area contributed by atoms with Crippen molar-refractivity contribution in [2.75, 3.05) is 7.05 Å². The van der Waals surface area contributed by atoms with Crippen LogP contribution in [-0.4, -0.2) is 26.6 Å². The Morgan fingerprint density at radius 1 is 1.12 bits per heavy atom. The van der Waals surface area contributed by atoms with Crippen molar-refractivity contribution in [2.24, 2.45) is 0 Å². The standard InChI is InChI=1S/C19H24N4S/c1-22-18(17(21-19(22)24)15-10-5-6-12-20-15)16-11-7-13-23(16)14-8-3-2-4-9-14/h5-7,10-14,17-18H,2-4,8-9H2,1H3,(H,21,24). The van der Waals surface area contributed by atoms with Crippen molar-refractivity contribution < 1.29 is 0 Å². The molecule has 1 aliphatic heterocycles. The van der Waals surface area contributed by atoms with Gasteiger partial charge in [0.1, 0.15) is 0 Å². The lowest BCUT2D eigenvalue weighted by Crippen LogP contribution is -2.27. The minimum atomic E-state index is 0.0981. The summed E-state index contributed by atoms with van der Waals surface area (Å²) in [7, 11) is 2.08. The molecule has 24 heavy (non-hydrogen) atoms. The molecular weight excluding hydrogens is 316 g/mol. The smallest absolute Gasteiger partial charge is 0.169 e. The van der Waals surface area contributed by atoms with Gasteiger partial charge in [0.05, 0.1) is 17.8 Å². The third-order valence-electron chi connectivity index (χ3n) is 5.42. The lowest BCUT2D eigenvalue weighted by atomic mass is 9.94. The molecule has 2 aliphatic rings. The number of pyridine rings is 1. The molecule has 3 heterocycles. The molecule has 2 fully saturated rings. The zero-order chi connectivity index (χ0) is 16.5. The van der Waals surface area contributed by atoms with Crippen LogP contribution < -0.4 is 5.32 Å². The first-order valence-electron chi connectivity index (χ1n) is 8.86. The zero-order valence-electron chi connectivity index (χ0n) is 14.1. The van der Waals surface area contributed by atoms with Crippen LogP contribution in [0.3, 0.4) is 0 Å². The second kappa shape index (κ2) is 6.55. The summed E-state index contributed by atoms with van der Waals surface area (Å²) in [6.07, 6.45) is 10.7. The van der Waals surface area contributed by atoms with Crippen molar-refractivity contribution in [3.63, 3.8) is 0 Å². The number of aromatic nitrogens is 2. The maximum Gasteiger partial charge on any atom is 0.169 e. The molecule has 1 saturated carbocycles. The molecule has 2 aromatic rings. The lowest BCUT2D eigenvalue weighted by molar-refractivity contribution is 0.304. The average Bonchev–Trinajstić information content (AvgIpc) is 3.22. The normalized spacial score (nSPS) is 25.0. The van der Waals surface area contributed by atoms with E-state index in [2.05, 4.69) is 51.2 Å². The van der Waals surface area contributed by atoms with Gasteiger partial charge in [0.15, 0.2) is 5.11 Å². The van der Waals surface area contributed by atoms with Crippen LogP contribution in [-0.2, 0) is 0 Å². The minimum absolute atomic E-state index is 0.0981. The van der Waals surface area contributed by atoms with E-state index in [4.69, 9.17) is 12.2 Å². The quantitative estimate of drug-likeness (QED) is 0.857. The number of likely N-dealkylation sites (N-methyl/N-ethyl adjacent to an activating group) is 1. The topological polar surface area (TPSA) is 33.1 Å². The number of nitrogens with zero attached hydrogens (tertiary/aromatic N) is 3. The van der Waals surface area contributed by atoms with Gasteiger partial charge in [-0.15, -0.1) is 0 Å². The molecule has 1 aliphatic carbocycles. The van der Waals surface area contributed by atoms with E-state index < -0.39 is 0 Å². The Morgan fingerprint density at radius 2 is 1.96 bits per heavy atom. The van der Waals surface area contributed by atoms with Gasteiger partial charge in [-0.05, 0) is 49.3 Å². The number of rotatable bonds is 3. The molecule has 1 N–H and O–H groups in total. The Bertz CT molecular complexity index is 705. The predicted molar refractivity (Wildman–Crippen MR) is 99.8 cm³/mol. The molecule has 0 aromatic carbocycles. The van der Waals surface area contributed by atoms with Gasteiger partial charge in [0.2, 0.25) is 0 Å². The Labute approximate surface area is 148 Å². The van der Waals surface area contributed by atoms with Crippen LogP contribution in [0.5, 0.6) is 0 Å². The molecular formula is C19H24N4S. The van der Waals surface area contributed by atoms with Crippen molar-refractivity contribution in [3.05, 3.63) is 54.1 Å². The Hall–Kier alpha value is -1.88. The van der Waals surface area contributed by atoms with Crippen molar-refractivity contribution >= 4 is 17.3 Å². The molecule has 2 atom stereocenters. The first kappa shape index (κ1) is 15.6. The molecule has 2 aromatic heterocycles. The van der Waals surface area contributed by atoms with E-state index in [9.17, 15) is 0 Å². The van der Waals surface area contributed by atoms with E-state index in [1.54, 1.807) is 0 Å². The summed E-state index contributed by atoms with van der Waals surface area (Å²) in [6, 6.07) is 11.4. The maximum atomic E-state index is 5.55. The third kappa shape index (κ3) is 2.71. The molecule has 1 saturated heterocycles. The summed E-state index contributed by atoms with van der Waals surface area (Å²) < 4.78 is 2.49. The maximum absolute atomic E-state index is 5.55. The van der Waals surface area contributed by atoms with Crippen LogP contribution in [0.25, 0.3) is 0 Å². The lowest BCUT2D eigenvalue weighted by Gasteiger charge is -2.30. The molecule has 0 radical (unpaired) electrons. The predicted octanol–water partition coefficient (Wildman–Crippen LogP) is 3.99. The zero-order valence-corrected chi connectivity index (χ0v) is 14.9. The highest BCUT2D eigenvalue weighted by molar-refractivity contribution is 7.80. The van der Waals surface area contributed by atoms with E-state index in [0.717, 1.165) is 10.8 Å². The number of hydrogen-bond donors (Lipinski definition) is 1. The molecule has 4 nitrogen and oxygen atoms in total. The SMILES string of the molecule is CN1C(=S)NC(c2ccccn2)C1c1cccn1C1CCCCC1. The van der Waals surface area contributed by atoms with Gasteiger partial charge in [-0.2, -0.15) is 0 Å². The van der Waals surface area contributed by atoms with Gasteiger partial charge in [-0.3, -0.25) is 4.98 Å². The van der Waals surface area contributed by atoms with E-state index in [1.807, 2.05) is 18.3 Å². The highest BCUT2D eigenvalue weighted by Crippen LogP contribution is 2.40. The molecule has 5 heteroatoms. The van der Waals surface area contributed by atoms with Gasteiger partial charge >= 0.3 is 0 Å². The fourth-order valence-electron chi connectivity index (χ4n) is 4.18. The van der Waals surface area contributed by atoms with Crippen LogP contribution in [0.1, 0.15) is 61.6 Å². The van der Waals surface area contributed by atoms with E-state index in [1.165, 1.54) is 37.8 Å². The molecule has 0 spiro atoms. The van der Waals surface area contributed by atoms with Gasteiger partial charge < -0.3 is 14.8 Å². The monoisotopic (exact) mass is 340 g/mol. The summed E-state index contributed by atoms with van der Waals surface area (Å²) in [6.45, 7) is 0. The number of thiocarbonyl (C=S) groups is 1. The summed E-state index contributed by atoms with van der Waals surface area (Å²) >= 11 is 5.55. The van der Waals surface area contributed by atoms with Crippen molar-refractivity contribution in [1.29, 1.82) is 0 Å². The molecule has 126 valence electrons. The summed E-state index contributed by atoms with van der Waals surface area (Å²) in [5, 5.41) is 4.27. The number of hydrogen-bond acceptors (Lipinski definition) is 2. The van der Waals surface area contributed by atoms with Crippen LogP contribution in [0.2, 0.25) is 0 Å². The Kier molecular flexibility index (Phi) is 4.27. The van der Waals surface area contributed by atoms with Crippen LogP contribution in [0.4, 0.5) is 0 Å². The van der Waals surface area contributed by atoms with E-state index in [0.29, 0.717) is 6.04 Å². The largest absolute Gasteiger partial charge is 0.352 e. The summed E-state index contributed by atoms with van der Waals surface area (Å²) in [5.41, 5.74) is 2.39. The van der Waals surface area contributed by atoms with Crippen LogP contribution in [0, 0.1) is 0 Å². The van der Waals surface area contributed by atoms with Crippen molar-refractivity contribution in [1.82, 2.24) is 19.8 Å². The van der Waals surface area contributed by atoms with Gasteiger partial charge in [0.25, 0.3) is 0 Å². The van der Waals surface area contributed by atoms with E-state index in [-0.39, 0.29) is 12.1 Å². The highest BCUT2D eigenvalue weighted by atomic mass is 32.1. The molecule has 0 amide bonds. The van der Waals surface area contributed by atoms with Crippen molar-refractivity contribution in [2.45, 2.75) is 50.2 Å². The van der Waals surface area contributed by atoms with Gasteiger partial charge in [-0.1, -0.05) is 25.3 Å². The first-order valence-corrected chi connectivity index (χ1v) is 9.27. The molecule has 0 bridgehead atoms. The molecule has 2 unspecified atom stereocenters. The summed E-state index contributed by atoms with van der Waals surface area (Å²) in [5.74, 6) is 0. The fraction of sp³-hybridized carbons (Fsp3) is 0.474.